The number of nitrogens with one attached hydrogen (secondary N) is 1. The smallest absolute Gasteiger partial charge is 0.143 e. The van der Waals surface area contributed by atoms with E-state index in [1.54, 1.807) is 0 Å². The predicted molar refractivity (Wildman–Crippen MR) is 91.6 cm³/mol. The van der Waals surface area contributed by atoms with Crippen LogP contribution in [0.1, 0.15) is 92.9 Å². The molecule has 0 aliphatic heterocycles. The molecular weight excluding hydrogens is 258 g/mol. The molecule has 2 heteroatoms. The minimum atomic E-state index is -0.180. The summed E-state index contributed by atoms with van der Waals surface area (Å²) in [4.78, 5) is 13.1. The van der Waals surface area contributed by atoms with Crippen molar-refractivity contribution in [1.29, 1.82) is 0 Å². The molecule has 0 aromatic rings. The maximum atomic E-state index is 13.1. The molecule has 1 rings (SSSR count). The Labute approximate surface area is 132 Å². The van der Waals surface area contributed by atoms with Gasteiger partial charge in [0.2, 0.25) is 0 Å². The molecule has 0 radical (unpaired) electrons. The molecule has 0 saturated heterocycles. The summed E-state index contributed by atoms with van der Waals surface area (Å²) in [6, 6.07) is 0.360. The monoisotopic (exact) mass is 295 g/mol. The lowest BCUT2D eigenvalue weighted by Crippen LogP contribution is -2.52. The fourth-order valence-electron chi connectivity index (χ4n) is 3.25. The second-order valence-electron chi connectivity index (χ2n) is 8.19. The zero-order chi connectivity index (χ0) is 16.1. The minimum absolute atomic E-state index is 0.124. The molecule has 0 amide bonds. The van der Waals surface area contributed by atoms with E-state index in [0.29, 0.717) is 11.8 Å². The second-order valence-corrected chi connectivity index (χ2v) is 8.19. The fourth-order valence-corrected chi connectivity index (χ4v) is 3.25. The van der Waals surface area contributed by atoms with Gasteiger partial charge in [0.25, 0.3) is 0 Å². The Morgan fingerprint density at radius 2 is 1.52 bits per heavy atom. The lowest BCUT2D eigenvalue weighted by molar-refractivity contribution is -0.133. The summed E-state index contributed by atoms with van der Waals surface area (Å²) in [6.07, 6.45) is 9.34. The molecule has 0 aromatic heterocycles. The highest BCUT2D eigenvalue weighted by atomic mass is 16.1. The summed E-state index contributed by atoms with van der Waals surface area (Å²) in [6.45, 7) is 13.1. The van der Waals surface area contributed by atoms with Crippen LogP contribution in [0, 0.1) is 11.3 Å². The van der Waals surface area contributed by atoms with Crippen molar-refractivity contribution in [3.63, 3.8) is 0 Å². The fraction of sp³-hybridized carbons (Fsp3) is 0.947. The zero-order valence-electron chi connectivity index (χ0n) is 15.2. The minimum Gasteiger partial charge on any atom is -0.308 e. The van der Waals surface area contributed by atoms with Gasteiger partial charge in [0, 0.05) is 22.9 Å². The molecule has 21 heavy (non-hydrogen) atoms. The first-order valence-electron chi connectivity index (χ1n) is 9.05. The van der Waals surface area contributed by atoms with Crippen LogP contribution in [-0.2, 0) is 4.79 Å². The Morgan fingerprint density at radius 3 is 2.05 bits per heavy atom. The summed E-state index contributed by atoms with van der Waals surface area (Å²) >= 11 is 0. The molecular formula is C19H37NO. The van der Waals surface area contributed by atoms with Crippen molar-refractivity contribution in [3.05, 3.63) is 0 Å². The van der Waals surface area contributed by atoms with Crippen LogP contribution < -0.4 is 5.32 Å². The molecule has 1 fully saturated rings. The number of ketones is 1. The van der Waals surface area contributed by atoms with Crippen molar-refractivity contribution in [2.45, 2.75) is 104 Å². The van der Waals surface area contributed by atoms with E-state index < -0.39 is 0 Å². The van der Waals surface area contributed by atoms with Gasteiger partial charge in [0.15, 0.2) is 0 Å². The maximum absolute atomic E-state index is 13.1. The molecule has 1 saturated carbocycles. The number of Topliss-reactive ketones (excluding diaryl/α,β-unsaturated/α-hetero) is 1. The van der Waals surface area contributed by atoms with Gasteiger partial charge >= 0.3 is 0 Å². The van der Waals surface area contributed by atoms with Gasteiger partial charge in [-0.3, -0.25) is 4.79 Å². The van der Waals surface area contributed by atoms with Gasteiger partial charge in [-0.05, 0) is 39.5 Å². The summed E-state index contributed by atoms with van der Waals surface area (Å²) in [5.74, 6) is 0.683. The van der Waals surface area contributed by atoms with E-state index in [4.69, 9.17) is 0 Å². The van der Waals surface area contributed by atoms with E-state index in [1.165, 1.54) is 25.7 Å². The van der Waals surface area contributed by atoms with Crippen molar-refractivity contribution < 1.29 is 4.79 Å². The summed E-state index contributed by atoms with van der Waals surface area (Å²) in [5.41, 5.74) is -0.0566. The Kier molecular flexibility index (Phi) is 6.90. The van der Waals surface area contributed by atoms with Crippen molar-refractivity contribution >= 4 is 5.78 Å². The van der Waals surface area contributed by atoms with E-state index in [-0.39, 0.29) is 16.9 Å². The first-order valence-corrected chi connectivity index (χ1v) is 9.05. The van der Waals surface area contributed by atoms with Gasteiger partial charge in [-0.15, -0.1) is 0 Å². The Bertz CT molecular complexity index is 332. The van der Waals surface area contributed by atoms with E-state index in [1.807, 2.05) is 0 Å². The third-order valence-corrected chi connectivity index (χ3v) is 5.61. The highest BCUT2D eigenvalue weighted by Gasteiger charge is 2.38. The van der Waals surface area contributed by atoms with Crippen LogP contribution in [0.5, 0.6) is 0 Å². The Balaban J connectivity index is 2.92. The van der Waals surface area contributed by atoms with Gasteiger partial charge < -0.3 is 5.32 Å². The quantitative estimate of drug-likeness (QED) is 0.738. The maximum Gasteiger partial charge on any atom is 0.143 e. The predicted octanol–water partition coefficient (Wildman–Crippen LogP) is 5.11. The average molecular weight is 296 g/mol. The topological polar surface area (TPSA) is 29.1 Å². The molecule has 0 bridgehead atoms. The Morgan fingerprint density at radius 1 is 0.952 bits per heavy atom. The van der Waals surface area contributed by atoms with Crippen molar-refractivity contribution in [3.8, 4) is 0 Å². The first kappa shape index (κ1) is 18.7. The highest BCUT2D eigenvalue weighted by Crippen LogP contribution is 2.33. The van der Waals surface area contributed by atoms with E-state index >= 15 is 0 Å². The van der Waals surface area contributed by atoms with Gasteiger partial charge in [-0.1, -0.05) is 53.4 Å². The molecule has 2 atom stereocenters. The SMILES string of the molecule is CCC(C)(C)NC1CCCCCC[C@H]1C(=O)C(C)(C)CC. The third kappa shape index (κ3) is 5.39. The van der Waals surface area contributed by atoms with Crippen LogP contribution in [0.15, 0.2) is 0 Å². The average Bonchev–Trinajstić information content (AvgIpc) is 2.41. The third-order valence-electron chi connectivity index (χ3n) is 5.61. The number of carbonyl (C=O) groups is 1. The van der Waals surface area contributed by atoms with Crippen LogP contribution >= 0.6 is 0 Å². The first-order chi connectivity index (χ1) is 9.73. The summed E-state index contributed by atoms with van der Waals surface area (Å²) < 4.78 is 0. The van der Waals surface area contributed by atoms with Crippen LogP contribution in [0.2, 0.25) is 0 Å². The molecule has 0 spiro atoms. The van der Waals surface area contributed by atoms with E-state index in [0.717, 1.165) is 25.7 Å². The number of rotatable bonds is 6. The number of hydrogen-bond donors (Lipinski definition) is 1. The lowest BCUT2D eigenvalue weighted by Gasteiger charge is -2.39. The van der Waals surface area contributed by atoms with E-state index in [2.05, 4.69) is 46.9 Å². The molecule has 1 unspecified atom stereocenters. The van der Waals surface area contributed by atoms with Gasteiger partial charge in [-0.2, -0.15) is 0 Å². The molecule has 1 aliphatic rings. The van der Waals surface area contributed by atoms with Crippen LogP contribution in [0.3, 0.4) is 0 Å². The lowest BCUT2D eigenvalue weighted by atomic mass is 9.72. The van der Waals surface area contributed by atoms with Gasteiger partial charge in [0.1, 0.15) is 5.78 Å². The van der Waals surface area contributed by atoms with Gasteiger partial charge in [0.05, 0.1) is 0 Å². The molecule has 124 valence electrons. The number of hydrogen-bond acceptors (Lipinski definition) is 2. The van der Waals surface area contributed by atoms with Gasteiger partial charge in [-0.25, -0.2) is 0 Å². The van der Waals surface area contributed by atoms with Crippen LogP contribution in [0.4, 0.5) is 0 Å². The largest absolute Gasteiger partial charge is 0.308 e. The molecule has 2 nitrogen and oxygen atoms in total. The van der Waals surface area contributed by atoms with E-state index in [9.17, 15) is 4.79 Å². The standard InChI is InChI=1S/C19H37NO/c1-7-18(3,4)17(21)15-13-11-9-10-12-14-16(15)20-19(5,6)8-2/h15-16,20H,7-14H2,1-6H3/t15-,16?/m1/s1. The number of carbonyl (C=O) groups excluding carboxylic acids is 1. The molecule has 0 heterocycles. The Hall–Kier alpha value is -0.370. The van der Waals surface area contributed by atoms with Crippen LogP contribution in [0.25, 0.3) is 0 Å². The molecule has 1 aliphatic carbocycles. The highest BCUT2D eigenvalue weighted by molar-refractivity contribution is 5.86. The van der Waals surface area contributed by atoms with Crippen LogP contribution in [-0.4, -0.2) is 17.4 Å². The van der Waals surface area contributed by atoms with Crippen molar-refractivity contribution in [1.82, 2.24) is 5.32 Å². The summed E-state index contributed by atoms with van der Waals surface area (Å²) in [7, 11) is 0. The molecule has 1 N–H and O–H groups in total. The second kappa shape index (κ2) is 7.76. The van der Waals surface area contributed by atoms with Crippen molar-refractivity contribution in [2.75, 3.05) is 0 Å². The summed E-state index contributed by atoms with van der Waals surface area (Å²) in [5, 5.41) is 3.82. The normalized spacial score (nSPS) is 25.2. The van der Waals surface area contributed by atoms with Crippen molar-refractivity contribution in [2.24, 2.45) is 11.3 Å². The molecule has 0 aromatic carbocycles. The zero-order valence-corrected chi connectivity index (χ0v) is 15.2.